The third kappa shape index (κ3) is 1.59. The molecule has 0 atom stereocenters. The Bertz CT molecular complexity index is 172. The van der Waals surface area contributed by atoms with Gasteiger partial charge in [-0.05, 0) is 16.2 Å². The van der Waals surface area contributed by atoms with E-state index < -0.39 is 0 Å². The molecular weight excluding hydrogens is 147 g/mol. The molecular formula is C6H9BO2S. The van der Waals surface area contributed by atoms with Gasteiger partial charge in [0.1, 0.15) is 0 Å². The first-order valence-corrected chi connectivity index (χ1v) is 3.90. The van der Waals surface area contributed by atoms with E-state index in [2.05, 4.69) is 0 Å². The highest BCUT2D eigenvalue weighted by Crippen LogP contribution is 1.96. The molecule has 0 aromatic carbocycles. The summed E-state index contributed by atoms with van der Waals surface area (Å²) < 4.78 is 10.1. The molecule has 1 rings (SSSR count). The molecule has 0 spiro atoms. The van der Waals surface area contributed by atoms with E-state index in [1.54, 1.807) is 25.6 Å². The van der Waals surface area contributed by atoms with Gasteiger partial charge >= 0.3 is 7.12 Å². The highest BCUT2D eigenvalue weighted by molar-refractivity contribution is 7.09. The van der Waals surface area contributed by atoms with Crippen molar-refractivity contribution in [2.45, 2.75) is 0 Å². The second kappa shape index (κ2) is 3.76. The van der Waals surface area contributed by atoms with E-state index in [-0.39, 0.29) is 7.12 Å². The van der Waals surface area contributed by atoms with Crippen LogP contribution in [0.4, 0.5) is 0 Å². The minimum Gasteiger partial charge on any atom is -0.410 e. The summed E-state index contributed by atoms with van der Waals surface area (Å²) in [6, 6.07) is 1.99. The van der Waals surface area contributed by atoms with Gasteiger partial charge in [-0.2, -0.15) is 11.3 Å². The first-order chi connectivity index (χ1) is 4.88. The summed E-state index contributed by atoms with van der Waals surface area (Å²) in [7, 11) is 3.06. The van der Waals surface area contributed by atoms with Crippen LogP contribution in [0.2, 0.25) is 0 Å². The highest BCUT2D eigenvalue weighted by atomic mass is 32.1. The van der Waals surface area contributed by atoms with Gasteiger partial charge in [0.15, 0.2) is 0 Å². The van der Waals surface area contributed by atoms with Gasteiger partial charge in [-0.15, -0.1) is 0 Å². The molecule has 10 heavy (non-hydrogen) atoms. The van der Waals surface area contributed by atoms with Crippen LogP contribution in [0.15, 0.2) is 16.8 Å². The van der Waals surface area contributed by atoms with Gasteiger partial charge in [-0.3, -0.25) is 0 Å². The molecule has 4 heteroatoms. The summed E-state index contributed by atoms with van der Waals surface area (Å²) in [6.07, 6.45) is 0. The summed E-state index contributed by atoms with van der Waals surface area (Å²) in [6.45, 7) is 0. The van der Waals surface area contributed by atoms with Crippen LogP contribution in [0.1, 0.15) is 0 Å². The lowest BCUT2D eigenvalue weighted by molar-refractivity contribution is 0.292. The molecule has 0 amide bonds. The predicted octanol–water partition coefficient (Wildman–Crippen LogP) is 0.736. The zero-order valence-corrected chi connectivity index (χ0v) is 6.85. The molecule has 0 aliphatic heterocycles. The molecule has 1 aromatic heterocycles. The van der Waals surface area contributed by atoms with E-state index in [9.17, 15) is 0 Å². The molecule has 2 nitrogen and oxygen atoms in total. The van der Waals surface area contributed by atoms with E-state index in [1.165, 1.54) is 0 Å². The number of thiophene rings is 1. The van der Waals surface area contributed by atoms with Crippen molar-refractivity contribution in [2.75, 3.05) is 14.2 Å². The molecule has 0 fully saturated rings. The zero-order chi connectivity index (χ0) is 7.40. The zero-order valence-electron chi connectivity index (χ0n) is 6.03. The lowest BCUT2D eigenvalue weighted by Gasteiger charge is -2.04. The van der Waals surface area contributed by atoms with Gasteiger partial charge in [-0.25, -0.2) is 0 Å². The second-order valence-corrected chi connectivity index (χ2v) is 2.64. The van der Waals surface area contributed by atoms with Crippen molar-refractivity contribution < 1.29 is 9.31 Å². The topological polar surface area (TPSA) is 18.5 Å². The van der Waals surface area contributed by atoms with Gasteiger partial charge in [0, 0.05) is 14.2 Å². The number of hydrogen-bond acceptors (Lipinski definition) is 3. The van der Waals surface area contributed by atoms with Crippen LogP contribution in [-0.4, -0.2) is 21.3 Å². The van der Waals surface area contributed by atoms with Crippen LogP contribution < -0.4 is 5.46 Å². The number of hydrogen-bond donors (Lipinski definition) is 0. The Morgan fingerprint density at radius 2 is 2.10 bits per heavy atom. The molecule has 0 saturated heterocycles. The van der Waals surface area contributed by atoms with Crippen LogP contribution in [0.5, 0.6) is 0 Å². The maximum atomic E-state index is 5.03. The Balaban J connectivity index is 2.64. The lowest BCUT2D eigenvalue weighted by atomic mass is 9.81. The van der Waals surface area contributed by atoms with Crippen molar-refractivity contribution in [1.82, 2.24) is 0 Å². The molecule has 0 unspecified atom stereocenters. The number of rotatable bonds is 3. The van der Waals surface area contributed by atoms with E-state index >= 15 is 0 Å². The quantitative estimate of drug-likeness (QED) is 0.600. The maximum absolute atomic E-state index is 5.03. The molecule has 0 saturated carbocycles. The minimum absolute atomic E-state index is 0.203. The highest BCUT2D eigenvalue weighted by Gasteiger charge is 2.17. The molecule has 0 N–H and O–H groups in total. The van der Waals surface area contributed by atoms with E-state index in [4.69, 9.17) is 9.31 Å². The van der Waals surface area contributed by atoms with Crippen molar-refractivity contribution in [1.29, 1.82) is 0 Å². The fourth-order valence-corrected chi connectivity index (χ4v) is 1.44. The standard InChI is InChI=1S/C6H9BO2S/c1-8-7(9-2)6-3-4-10-5-6/h3-5H,1-2H3. The molecule has 1 aromatic rings. The third-order valence-electron chi connectivity index (χ3n) is 1.24. The normalized spacial score (nSPS) is 9.80. The summed E-state index contributed by atoms with van der Waals surface area (Å²) in [5.74, 6) is 0. The third-order valence-corrected chi connectivity index (χ3v) is 1.94. The molecule has 1 heterocycles. The molecule has 0 aliphatic carbocycles. The molecule has 0 bridgehead atoms. The summed E-state index contributed by atoms with van der Waals surface area (Å²) >= 11 is 1.64. The largest absolute Gasteiger partial charge is 0.494 e. The molecule has 0 aliphatic rings. The lowest BCUT2D eigenvalue weighted by Crippen LogP contribution is -2.33. The van der Waals surface area contributed by atoms with Crippen molar-refractivity contribution in [3.05, 3.63) is 16.8 Å². The van der Waals surface area contributed by atoms with Crippen LogP contribution in [0.25, 0.3) is 0 Å². The Kier molecular flexibility index (Phi) is 2.93. The van der Waals surface area contributed by atoms with Crippen LogP contribution in [-0.2, 0) is 9.31 Å². The average Bonchev–Trinajstić information content (AvgIpc) is 2.43. The van der Waals surface area contributed by atoms with Gasteiger partial charge in [-0.1, -0.05) is 6.07 Å². The summed E-state index contributed by atoms with van der Waals surface area (Å²) in [4.78, 5) is 0. The molecule has 0 radical (unpaired) electrons. The van der Waals surface area contributed by atoms with Crippen molar-refractivity contribution >= 4 is 23.9 Å². The fourth-order valence-electron chi connectivity index (χ4n) is 0.777. The second-order valence-electron chi connectivity index (χ2n) is 1.86. The van der Waals surface area contributed by atoms with Crippen molar-refractivity contribution in [3.63, 3.8) is 0 Å². The Morgan fingerprint density at radius 3 is 2.50 bits per heavy atom. The maximum Gasteiger partial charge on any atom is 0.494 e. The van der Waals surface area contributed by atoms with E-state index in [0.29, 0.717) is 0 Å². The Morgan fingerprint density at radius 1 is 1.40 bits per heavy atom. The van der Waals surface area contributed by atoms with Gasteiger partial charge in [0.05, 0.1) is 0 Å². The first kappa shape index (κ1) is 7.79. The summed E-state index contributed by atoms with van der Waals surface area (Å²) in [5.41, 5.74) is 1.08. The van der Waals surface area contributed by atoms with Gasteiger partial charge in [0.2, 0.25) is 0 Å². The van der Waals surface area contributed by atoms with E-state index in [1.807, 2.05) is 16.8 Å². The summed E-state index contributed by atoms with van der Waals surface area (Å²) in [5, 5.41) is 4.01. The average molecular weight is 156 g/mol. The van der Waals surface area contributed by atoms with Gasteiger partial charge in [0.25, 0.3) is 0 Å². The Labute approximate surface area is 64.9 Å². The fraction of sp³-hybridized carbons (Fsp3) is 0.333. The predicted molar refractivity (Wildman–Crippen MR) is 43.7 cm³/mol. The van der Waals surface area contributed by atoms with Crippen molar-refractivity contribution in [2.24, 2.45) is 0 Å². The first-order valence-electron chi connectivity index (χ1n) is 2.96. The van der Waals surface area contributed by atoms with Crippen LogP contribution >= 0.6 is 11.3 Å². The monoisotopic (exact) mass is 156 g/mol. The van der Waals surface area contributed by atoms with Crippen molar-refractivity contribution in [3.8, 4) is 0 Å². The van der Waals surface area contributed by atoms with Gasteiger partial charge < -0.3 is 9.31 Å². The van der Waals surface area contributed by atoms with Crippen LogP contribution in [0, 0.1) is 0 Å². The smallest absolute Gasteiger partial charge is 0.410 e. The molecule has 54 valence electrons. The van der Waals surface area contributed by atoms with Crippen LogP contribution in [0.3, 0.4) is 0 Å². The SMILES string of the molecule is COB(OC)c1ccsc1. The minimum atomic E-state index is -0.203. The Hall–Kier alpha value is -0.315. The van der Waals surface area contributed by atoms with E-state index in [0.717, 1.165) is 5.46 Å².